The van der Waals surface area contributed by atoms with Gasteiger partial charge in [0.2, 0.25) is 0 Å². The van der Waals surface area contributed by atoms with E-state index in [1.807, 2.05) is 28.5 Å². The molecule has 104 valence electrons. The lowest BCUT2D eigenvalue weighted by atomic mass is 10.1. The number of nitrogen functional groups attached to an aromatic ring is 1. The number of thiophene rings is 1. The molecule has 0 radical (unpaired) electrons. The van der Waals surface area contributed by atoms with Gasteiger partial charge in [-0.2, -0.15) is 11.3 Å². The highest BCUT2D eigenvalue weighted by molar-refractivity contribution is 7.07. The first-order valence-corrected chi connectivity index (χ1v) is 7.47. The molecule has 0 bridgehead atoms. The lowest BCUT2D eigenvalue weighted by molar-refractivity contribution is -0.0226. The van der Waals surface area contributed by atoms with Crippen LogP contribution >= 0.6 is 11.3 Å². The molecule has 2 heterocycles. The summed E-state index contributed by atoms with van der Waals surface area (Å²) in [6.07, 6.45) is -0.0381. The molecular weight excluding hydrogens is 272 g/mol. The number of carbonyl (C=O) groups excluding carboxylic acids is 1. The molecule has 1 aliphatic heterocycles. The van der Waals surface area contributed by atoms with Gasteiger partial charge in [-0.3, -0.25) is 4.79 Å². The molecule has 2 aromatic rings. The summed E-state index contributed by atoms with van der Waals surface area (Å²) in [6.45, 7) is 1.73. The first-order valence-electron chi connectivity index (χ1n) is 6.53. The van der Waals surface area contributed by atoms with Gasteiger partial charge in [-0.1, -0.05) is 12.1 Å². The number of hydrogen-bond acceptors (Lipinski definition) is 4. The normalized spacial score (nSPS) is 19.0. The second-order valence-corrected chi connectivity index (χ2v) is 5.53. The van der Waals surface area contributed by atoms with Gasteiger partial charge in [0.1, 0.15) is 6.10 Å². The van der Waals surface area contributed by atoms with E-state index in [1.54, 1.807) is 23.5 Å². The van der Waals surface area contributed by atoms with Crippen molar-refractivity contribution < 1.29 is 9.53 Å². The van der Waals surface area contributed by atoms with Crippen LogP contribution in [0.3, 0.4) is 0 Å². The molecule has 4 nitrogen and oxygen atoms in total. The molecular formula is C15H16N2O2S. The van der Waals surface area contributed by atoms with E-state index in [0.29, 0.717) is 30.9 Å². The second-order valence-electron chi connectivity index (χ2n) is 4.75. The lowest BCUT2D eigenvalue weighted by Gasteiger charge is -2.33. The average molecular weight is 288 g/mol. The summed E-state index contributed by atoms with van der Waals surface area (Å²) in [7, 11) is 0. The minimum Gasteiger partial charge on any atom is -0.398 e. The van der Waals surface area contributed by atoms with Crippen LogP contribution in [0, 0.1) is 0 Å². The van der Waals surface area contributed by atoms with Crippen LogP contribution in [0.15, 0.2) is 41.1 Å². The van der Waals surface area contributed by atoms with E-state index in [4.69, 9.17) is 10.5 Å². The van der Waals surface area contributed by atoms with Crippen molar-refractivity contribution in [2.75, 3.05) is 25.4 Å². The molecule has 1 aromatic carbocycles. The predicted octanol–water partition coefficient (Wildman–Crippen LogP) is 2.54. The summed E-state index contributed by atoms with van der Waals surface area (Å²) in [6, 6.07) is 9.23. The van der Waals surface area contributed by atoms with Gasteiger partial charge in [-0.25, -0.2) is 0 Å². The number of anilines is 1. The van der Waals surface area contributed by atoms with Crippen molar-refractivity contribution >= 4 is 22.9 Å². The highest BCUT2D eigenvalue weighted by Gasteiger charge is 2.27. The third-order valence-electron chi connectivity index (χ3n) is 3.46. The van der Waals surface area contributed by atoms with Crippen LogP contribution < -0.4 is 5.73 Å². The fourth-order valence-electron chi connectivity index (χ4n) is 2.36. The molecule has 0 aliphatic carbocycles. The summed E-state index contributed by atoms with van der Waals surface area (Å²) < 4.78 is 5.75. The maximum atomic E-state index is 12.5. The molecule has 1 saturated heterocycles. The Morgan fingerprint density at radius 3 is 2.95 bits per heavy atom. The van der Waals surface area contributed by atoms with Crippen molar-refractivity contribution in [1.29, 1.82) is 0 Å². The third-order valence-corrected chi connectivity index (χ3v) is 4.16. The molecule has 0 spiro atoms. The van der Waals surface area contributed by atoms with Gasteiger partial charge < -0.3 is 15.4 Å². The standard InChI is InChI=1S/C15H16N2O2S/c16-13-4-2-1-3-12(13)15(18)17-6-7-19-14(9-17)11-5-8-20-10-11/h1-5,8,10,14H,6-7,9,16H2. The average Bonchev–Trinajstić information content (AvgIpc) is 3.01. The minimum absolute atomic E-state index is 0.0216. The van der Waals surface area contributed by atoms with Crippen molar-refractivity contribution in [2.24, 2.45) is 0 Å². The van der Waals surface area contributed by atoms with E-state index in [-0.39, 0.29) is 12.0 Å². The Labute approximate surface area is 121 Å². The van der Waals surface area contributed by atoms with Gasteiger partial charge in [0.15, 0.2) is 0 Å². The van der Waals surface area contributed by atoms with Crippen molar-refractivity contribution in [3.8, 4) is 0 Å². The monoisotopic (exact) mass is 288 g/mol. The Hall–Kier alpha value is -1.85. The molecule has 3 rings (SSSR count). The van der Waals surface area contributed by atoms with E-state index in [2.05, 4.69) is 5.38 Å². The molecule has 20 heavy (non-hydrogen) atoms. The van der Waals surface area contributed by atoms with Crippen LogP contribution in [0.2, 0.25) is 0 Å². The van der Waals surface area contributed by atoms with Crippen LogP contribution in [0.1, 0.15) is 22.0 Å². The number of nitrogens with zero attached hydrogens (tertiary/aromatic N) is 1. The van der Waals surface area contributed by atoms with Crippen LogP contribution in [0.4, 0.5) is 5.69 Å². The molecule has 1 unspecified atom stereocenters. The van der Waals surface area contributed by atoms with E-state index in [9.17, 15) is 4.79 Å². The second kappa shape index (κ2) is 5.64. The molecule has 1 atom stereocenters. The zero-order valence-corrected chi connectivity index (χ0v) is 11.8. The van der Waals surface area contributed by atoms with Crippen molar-refractivity contribution in [3.05, 3.63) is 52.2 Å². The van der Waals surface area contributed by atoms with E-state index in [0.717, 1.165) is 5.56 Å². The summed E-state index contributed by atoms with van der Waals surface area (Å²) in [5.74, 6) is -0.0216. The molecule has 1 amide bonds. The maximum Gasteiger partial charge on any atom is 0.256 e. The number of nitrogens with two attached hydrogens (primary N) is 1. The maximum absolute atomic E-state index is 12.5. The number of morpholine rings is 1. The Kier molecular flexibility index (Phi) is 3.71. The zero-order valence-electron chi connectivity index (χ0n) is 11.0. The summed E-state index contributed by atoms with van der Waals surface area (Å²) in [5, 5.41) is 4.09. The zero-order chi connectivity index (χ0) is 13.9. The van der Waals surface area contributed by atoms with E-state index >= 15 is 0 Å². The fourth-order valence-corrected chi connectivity index (χ4v) is 3.06. The van der Waals surface area contributed by atoms with Gasteiger partial charge in [-0.05, 0) is 34.5 Å². The minimum atomic E-state index is -0.0381. The Morgan fingerprint density at radius 1 is 1.35 bits per heavy atom. The molecule has 5 heteroatoms. The lowest BCUT2D eigenvalue weighted by Crippen LogP contribution is -2.42. The molecule has 1 fully saturated rings. The largest absolute Gasteiger partial charge is 0.398 e. The van der Waals surface area contributed by atoms with Crippen LogP contribution in [0.5, 0.6) is 0 Å². The van der Waals surface area contributed by atoms with Crippen molar-refractivity contribution in [2.45, 2.75) is 6.10 Å². The van der Waals surface area contributed by atoms with Gasteiger partial charge >= 0.3 is 0 Å². The molecule has 0 saturated carbocycles. The number of carbonyl (C=O) groups is 1. The molecule has 2 N–H and O–H groups in total. The molecule has 1 aromatic heterocycles. The van der Waals surface area contributed by atoms with Crippen LogP contribution in [0.25, 0.3) is 0 Å². The van der Waals surface area contributed by atoms with Crippen molar-refractivity contribution in [1.82, 2.24) is 4.90 Å². The third kappa shape index (κ3) is 2.55. The fraction of sp³-hybridized carbons (Fsp3) is 0.267. The van der Waals surface area contributed by atoms with Gasteiger partial charge in [0.05, 0.1) is 18.7 Å². The number of benzene rings is 1. The first kappa shape index (κ1) is 13.1. The SMILES string of the molecule is Nc1ccccc1C(=O)N1CCOC(c2ccsc2)C1. The molecule has 1 aliphatic rings. The Morgan fingerprint density at radius 2 is 2.20 bits per heavy atom. The summed E-state index contributed by atoms with van der Waals surface area (Å²) in [4.78, 5) is 14.3. The smallest absolute Gasteiger partial charge is 0.256 e. The summed E-state index contributed by atoms with van der Waals surface area (Å²) in [5.41, 5.74) is 8.11. The number of ether oxygens (including phenoxy) is 1. The van der Waals surface area contributed by atoms with Gasteiger partial charge in [-0.15, -0.1) is 0 Å². The number of hydrogen-bond donors (Lipinski definition) is 1. The quantitative estimate of drug-likeness (QED) is 0.864. The predicted molar refractivity (Wildman–Crippen MR) is 79.8 cm³/mol. The van der Waals surface area contributed by atoms with E-state index in [1.165, 1.54) is 0 Å². The topological polar surface area (TPSA) is 55.6 Å². The van der Waals surface area contributed by atoms with Gasteiger partial charge in [0.25, 0.3) is 5.91 Å². The Bertz CT molecular complexity index is 598. The van der Waals surface area contributed by atoms with Gasteiger partial charge in [0, 0.05) is 12.2 Å². The number of para-hydroxylation sites is 1. The van der Waals surface area contributed by atoms with Crippen molar-refractivity contribution in [3.63, 3.8) is 0 Å². The first-order chi connectivity index (χ1) is 9.75. The van der Waals surface area contributed by atoms with Crippen LogP contribution in [-0.4, -0.2) is 30.5 Å². The highest BCUT2D eigenvalue weighted by atomic mass is 32.1. The van der Waals surface area contributed by atoms with Crippen LogP contribution in [-0.2, 0) is 4.74 Å². The number of amides is 1. The number of rotatable bonds is 2. The highest BCUT2D eigenvalue weighted by Crippen LogP contribution is 2.25. The summed E-state index contributed by atoms with van der Waals surface area (Å²) >= 11 is 1.64. The Balaban J connectivity index is 1.77. The van der Waals surface area contributed by atoms with E-state index < -0.39 is 0 Å².